The summed E-state index contributed by atoms with van der Waals surface area (Å²) in [7, 11) is 6.17. The second-order valence-corrected chi connectivity index (χ2v) is 6.50. The van der Waals surface area contributed by atoms with E-state index in [0.29, 0.717) is 11.0 Å². The van der Waals surface area contributed by atoms with Gasteiger partial charge in [-0.05, 0) is 13.8 Å². The molecule has 0 fully saturated rings. The van der Waals surface area contributed by atoms with Gasteiger partial charge >= 0.3 is 0 Å². The van der Waals surface area contributed by atoms with Crippen molar-refractivity contribution in [2.24, 2.45) is 0 Å². The minimum Gasteiger partial charge on any atom is -1.00 e. The summed E-state index contributed by atoms with van der Waals surface area (Å²) in [4.78, 5) is 19.8. The number of nitrogen functional groups attached to an aromatic ring is 2. The lowest BCUT2D eigenvalue weighted by Gasteiger charge is -2.41. The van der Waals surface area contributed by atoms with Crippen LogP contribution in [0.5, 0.6) is 0 Å². The molecule has 1 amide bonds. The third-order valence-electron chi connectivity index (χ3n) is 3.62. The van der Waals surface area contributed by atoms with Gasteiger partial charge in [0, 0.05) is 0 Å². The highest BCUT2D eigenvalue weighted by Crippen LogP contribution is 2.19. The summed E-state index contributed by atoms with van der Waals surface area (Å²) >= 11 is 5.76. The van der Waals surface area contributed by atoms with Crippen LogP contribution in [0.3, 0.4) is 0 Å². The van der Waals surface area contributed by atoms with Crippen molar-refractivity contribution in [3.63, 3.8) is 0 Å². The van der Waals surface area contributed by atoms with Gasteiger partial charge in [0.2, 0.25) is 0 Å². The maximum Gasteiger partial charge on any atom is 0.274 e. The zero-order valence-corrected chi connectivity index (χ0v) is 15.8. The van der Waals surface area contributed by atoms with Gasteiger partial charge in [0.05, 0.1) is 27.7 Å². The van der Waals surface area contributed by atoms with Crippen molar-refractivity contribution < 1.29 is 33.3 Å². The monoisotopic (exact) mass is 428 g/mol. The highest BCUT2D eigenvalue weighted by Gasteiger charge is 2.33. The second kappa shape index (κ2) is 6.93. The zero-order chi connectivity index (χ0) is 15.7. The number of amides is 1. The minimum absolute atomic E-state index is 0. The van der Waals surface area contributed by atoms with Crippen LogP contribution >= 0.6 is 11.6 Å². The predicted octanol–water partition coefficient (Wildman–Crippen LogP) is -2.49. The molecule has 0 radical (unpaired) electrons. The molecule has 21 heavy (non-hydrogen) atoms. The lowest BCUT2D eigenvalue weighted by Crippen LogP contribution is -3.00. The quantitative estimate of drug-likeness (QED) is 0.363. The summed E-state index contributed by atoms with van der Waals surface area (Å²) in [5.41, 5.74) is 10.9. The van der Waals surface area contributed by atoms with Gasteiger partial charge in [0.1, 0.15) is 5.54 Å². The van der Waals surface area contributed by atoms with Crippen LogP contribution in [0.2, 0.25) is 5.15 Å². The smallest absolute Gasteiger partial charge is 0.274 e. The Bertz CT molecular complexity index is 529. The highest BCUT2D eigenvalue weighted by molar-refractivity contribution is 6.31. The summed E-state index contributed by atoms with van der Waals surface area (Å²) in [6.07, 6.45) is 0. The number of anilines is 2. The number of quaternary nitrogens is 1. The van der Waals surface area contributed by atoms with Gasteiger partial charge < -0.3 is 45.2 Å². The molecule has 1 aromatic rings. The molecule has 1 aromatic heterocycles. The van der Waals surface area contributed by atoms with E-state index in [4.69, 9.17) is 23.1 Å². The molecule has 7 nitrogen and oxygen atoms in total. The lowest BCUT2D eigenvalue weighted by atomic mass is 10.0. The van der Waals surface area contributed by atoms with Crippen molar-refractivity contribution in [1.82, 2.24) is 15.3 Å². The molecule has 0 bridgehead atoms. The molecule has 5 N–H and O–H groups in total. The predicted molar refractivity (Wildman–Crippen MR) is 80.3 cm³/mol. The fourth-order valence-electron chi connectivity index (χ4n) is 1.23. The molecular weight excluding hydrogens is 407 g/mol. The molecule has 0 saturated heterocycles. The van der Waals surface area contributed by atoms with Gasteiger partial charge in [-0.25, -0.2) is 9.97 Å². The van der Waals surface area contributed by atoms with E-state index >= 15 is 0 Å². The molecule has 1 rings (SSSR count). The molecule has 0 saturated carbocycles. The van der Waals surface area contributed by atoms with Gasteiger partial charge in [-0.2, -0.15) is 0 Å². The van der Waals surface area contributed by atoms with Gasteiger partial charge in [0.15, 0.2) is 22.5 Å². The first-order chi connectivity index (χ1) is 8.95. The molecule has 120 valence electrons. The molecular formula is C12H22ClIN6O. The van der Waals surface area contributed by atoms with Crippen LogP contribution in [0.4, 0.5) is 11.6 Å². The Morgan fingerprint density at radius 3 is 2.24 bits per heavy atom. The van der Waals surface area contributed by atoms with E-state index in [2.05, 4.69) is 50.3 Å². The van der Waals surface area contributed by atoms with Crippen molar-refractivity contribution in [1.29, 1.82) is 0 Å². The van der Waals surface area contributed by atoms with Crippen molar-refractivity contribution in [2.45, 2.75) is 19.4 Å². The zero-order valence-electron chi connectivity index (χ0n) is 12.9. The van der Waals surface area contributed by atoms with Crippen LogP contribution in [-0.2, 0) is 0 Å². The summed E-state index contributed by atoms with van der Waals surface area (Å²) in [5.74, 6) is -0.446. The largest absolute Gasteiger partial charge is 1.00 e. The third kappa shape index (κ3) is 4.82. The summed E-state index contributed by atoms with van der Waals surface area (Å²) in [6.45, 7) is 4.56. The standard InChI is InChI=1S/C12H21ClN6O.HI/c1-12(2,19(3,4)5)6-16-11(20)7-9(14)18-10(15)8(13)17-7;/h6H2,1-5H3,(H4-,14,15,16,18,20);1H. The average Bonchev–Trinajstić information content (AvgIpc) is 2.29. The fourth-order valence-corrected chi connectivity index (χ4v) is 1.35. The highest BCUT2D eigenvalue weighted by atomic mass is 127. The van der Waals surface area contributed by atoms with Crippen LogP contribution < -0.4 is 40.8 Å². The number of nitrogens with zero attached hydrogens (tertiary/aromatic N) is 3. The SMILES string of the molecule is CC(C)(CNC(=O)c1nc(Cl)c(N)nc1N)[N+](C)(C)C.[I-]. The number of rotatable bonds is 4. The molecule has 0 aromatic carbocycles. The lowest BCUT2D eigenvalue weighted by molar-refractivity contribution is -0.918. The van der Waals surface area contributed by atoms with Gasteiger partial charge in [-0.1, -0.05) is 11.6 Å². The average molecular weight is 429 g/mol. The summed E-state index contributed by atoms with van der Waals surface area (Å²) in [5, 5.41) is 2.76. The number of hydrogen-bond donors (Lipinski definition) is 3. The Kier molecular flexibility index (Phi) is 6.64. The van der Waals surface area contributed by atoms with E-state index in [1.54, 1.807) is 0 Å². The Balaban J connectivity index is 0.00000400. The van der Waals surface area contributed by atoms with Gasteiger partial charge in [0.25, 0.3) is 5.91 Å². The molecule has 9 heteroatoms. The van der Waals surface area contributed by atoms with Crippen molar-refractivity contribution in [3.8, 4) is 0 Å². The van der Waals surface area contributed by atoms with E-state index in [1.165, 1.54) is 0 Å². The van der Waals surface area contributed by atoms with E-state index in [1.807, 2.05) is 0 Å². The van der Waals surface area contributed by atoms with Gasteiger partial charge in [-0.3, -0.25) is 4.79 Å². The van der Waals surface area contributed by atoms with Crippen LogP contribution in [0, 0.1) is 0 Å². The van der Waals surface area contributed by atoms with Crippen molar-refractivity contribution in [3.05, 3.63) is 10.8 Å². The topological polar surface area (TPSA) is 107 Å². The molecule has 0 aliphatic heterocycles. The molecule has 0 atom stereocenters. The number of aromatic nitrogens is 2. The minimum atomic E-state index is -0.418. The third-order valence-corrected chi connectivity index (χ3v) is 3.90. The Hall–Kier alpha value is -0.870. The Labute approximate surface area is 147 Å². The summed E-state index contributed by atoms with van der Waals surface area (Å²) in [6, 6.07) is 0. The first-order valence-corrected chi connectivity index (χ1v) is 6.52. The fraction of sp³-hybridized carbons (Fsp3) is 0.583. The second-order valence-electron chi connectivity index (χ2n) is 6.14. The first-order valence-electron chi connectivity index (χ1n) is 6.14. The number of carbonyl (C=O) groups is 1. The van der Waals surface area contributed by atoms with E-state index < -0.39 is 5.91 Å². The molecule has 1 heterocycles. The Morgan fingerprint density at radius 1 is 1.24 bits per heavy atom. The maximum absolute atomic E-state index is 12.1. The van der Waals surface area contributed by atoms with E-state index in [0.717, 1.165) is 0 Å². The molecule has 0 spiro atoms. The van der Waals surface area contributed by atoms with Gasteiger partial charge in [-0.15, -0.1) is 0 Å². The number of halogens is 2. The van der Waals surface area contributed by atoms with E-state index in [9.17, 15) is 4.79 Å². The van der Waals surface area contributed by atoms with Crippen LogP contribution in [-0.4, -0.2) is 53.6 Å². The van der Waals surface area contributed by atoms with Crippen LogP contribution in [0.15, 0.2) is 0 Å². The van der Waals surface area contributed by atoms with Crippen molar-refractivity contribution in [2.75, 3.05) is 39.2 Å². The maximum atomic E-state index is 12.1. The van der Waals surface area contributed by atoms with Crippen LogP contribution in [0.1, 0.15) is 24.3 Å². The normalized spacial score (nSPS) is 11.7. The van der Waals surface area contributed by atoms with Crippen LogP contribution in [0.25, 0.3) is 0 Å². The summed E-state index contributed by atoms with van der Waals surface area (Å²) < 4.78 is 0.691. The number of carbonyl (C=O) groups excluding carboxylic acids is 1. The number of nitrogens with two attached hydrogens (primary N) is 2. The van der Waals surface area contributed by atoms with Crippen molar-refractivity contribution >= 4 is 29.1 Å². The number of likely N-dealkylation sites (N-methyl/N-ethyl adjacent to an activating group) is 1. The number of nitrogens with one attached hydrogen (secondary N) is 1. The van der Waals surface area contributed by atoms with E-state index in [-0.39, 0.29) is 52.0 Å². The Morgan fingerprint density at radius 2 is 1.76 bits per heavy atom. The number of hydrogen-bond acceptors (Lipinski definition) is 5. The first kappa shape index (κ1) is 20.1. The molecule has 0 unspecified atom stereocenters. The molecule has 0 aliphatic rings. The molecule has 0 aliphatic carbocycles.